The second-order valence-corrected chi connectivity index (χ2v) is 7.58. The fourth-order valence-corrected chi connectivity index (χ4v) is 4.06. The molecule has 0 radical (unpaired) electrons. The summed E-state index contributed by atoms with van der Waals surface area (Å²) >= 11 is 3.50. The number of aromatic nitrogens is 2. The van der Waals surface area contributed by atoms with Crippen LogP contribution >= 0.6 is 15.9 Å². The molecule has 5 nitrogen and oxygen atoms in total. The Morgan fingerprint density at radius 2 is 1.81 bits per heavy atom. The van der Waals surface area contributed by atoms with Crippen molar-refractivity contribution in [2.75, 3.05) is 10.6 Å². The first-order valence-corrected chi connectivity index (χ1v) is 10.1. The van der Waals surface area contributed by atoms with Crippen molar-refractivity contribution in [1.29, 1.82) is 0 Å². The molecule has 3 aromatic rings. The van der Waals surface area contributed by atoms with Gasteiger partial charge in [-0.3, -0.25) is 9.78 Å². The Bertz CT molecular complexity index is 955. The monoisotopic (exact) mass is 424 g/mol. The number of hydrogen-bond donors (Lipinski definition) is 2. The van der Waals surface area contributed by atoms with Gasteiger partial charge in [-0.05, 0) is 53.0 Å². The summed E-state index contributed by atoms with van der Waals surface area (Å²) in [6.45, 7) is 0. The first-order chi connectivity index (χ1) is 13.2. The minimum atomic E-state index is -0.243. The number of carbonyl (C=O) groups excluding carboxylic acids is 1. The fraction of sp³-hybridized carbons (Fsp3) is 0.286. The fourth-order valence-electron chi connectivity index (χ4n) is 3.56. The van der Waals surface area contributed by atoms with Gasteiger partial charge in [0.15, 0.2) is 5.69 Å². The van der Waals surface area contributed by atoms with Gasteiger partial charge in [-0.15, -0.1) is 0 Å². The highest BCUT2D eigenvalue weighted by Gasteiger charge is 2.23. The SMILES string of the molecule is O=C(Nc1ccccc1)c1nc(Br)c2cccnc2c1NC1CCCCC1. The van der Waals surface area contributed by atoms with Crippen molar-refractivity contribution < 1.29 is 4.79 Å². The molecule has 0 aliphatic heterocycles. The largest absolute Gasteiger partial charge is 0.379 e. The van der Waals surface area contributed by atoms with Gasteiger partial charge < -0.3 is 10.6 Å². The second kappa shape index (κ2) is 8.05. The number of nitrogens with one attached hydrogen (secondary N) is 2. The summed E-state index contributed by atoms with van der Waals surface area (Å²) in [6.07, 6.45) is 7.64. The van der Waals surface area contributed by atoms with Crippen molar-refractivity contribution >= 4 is 44.1 Å². The molecule has 1 aliphatic carbocycles. The van der Waals surface area contributed by atoms with E-state index in [1.165, 1.54) is 19.3 Å². The van der Waals surface area contributed by atoms with Crippen molar-refractivity contribution in [1.82, 2.24) is 9.97 Å². The number of amides is 1. The van der Waals surface area contributed by atoms with Crippen molar-refractivity contribution in [3.63, 3.8) is 0 Å². The Morgan fingerprint density at radius 3 is 2.59 bits per heavy atom. The summed E-state index contributed by atoms with van der Waals surface area (Å²) in [7, 11) is 0. The Labute approximate surface area is 166 Å². The van der Waals surface area contributed by atoms with E-state index in [4.69, 9.17) is 0 Å². The maximum absolute atomic E-state index is 13.0. The van der Waals surface area contributed by atoms with Crippen molar-refractivity contribution in [2.24, 2.45) is 0 Å². The smallest absolute Gasteiger partial charge is 0.276 e. The highest BCUT2D eigenvalue weighted by atomic mass is 79.9. The predicted octanol–water partition coefficient (Wildman–Crippen LogP) is 5.39. The lowest BCUT2D eigenvalue weighted by Gasteiger charge is -2.25. The van der Waals surface area contributed by atoms with E-state index in [0.29, 0.717) is 22.0 Å². The zero-order valence-corrected chi connectivity index (χ0v) is 16.5. The topological polar surface area (TPSA) is 66.9 Å². The highest BCUT2D eigenvalue weighted by Crippen LogP contribution is 2.32. The molecule has 1 fully saturated rings. The van der Waals surface area contributed by atoms with Crippen LogP contribution in [0.1, 0.15) is 42.6 Å². The van der Waals surface area contributed by atoms with Crippen LogP contribution in [-0.2, 0) is 0 Å². The highest BCUT2D eigenvalue weighted by molar-refractivity contribution is 9.10. The molecule has 0 unspecified atom stereocenters. The first-order valence-electron chi connectivity index (χ1n) is 9.29. The van der Waals surface area contributed by atoms with Gasteiger partial charge in [0.1, 0.15) is 4.60 Å². The molecule has 2 aromatic heterocycles. The molecule has 1 aliphatic rings. The van der Waals surface area contributed by atoms with Crippen molar-refractivity contribution in [2.45, 2.75) is 38.1 Å². The van der Waals surface area contributed by atoms with Crippen LogP contribution in [0.4, 0.5) is 11.4 Å². The van der Waals surface area contributed by atoms with Gasteiger partial charge in [0, 0.05) is 23.3 Å². The Hall–Kier alpha value is -2.47. The third kappa shape index (κ3) is 3.95. The molecule has 0 spiro atoms. The van der Waals surface area contributed by atoms with E-state index in [9.17, 15) is 4.79 Å². The molecule has 1 saturated carbocycles. The zero-order valence-electron chi connectivity index (χ0n) is 14.9. The van der Waals surface area contributed by atoms with E-state index in [2.05, 4.69) is 36.5 Å². The number of hydrogen-bond acceptors (Lipinski definition) is 4. The molecule has 6 heteroatoms. The maximum Gasteiger partial charge on any atom is 0.276 e. The van der Waals surface area contributed by atoms with Gasteiger partial charge in [0.05, 0.1) is 11.2 Å². The summed E-state index contributed by atoms with van der Waals surface area (Å²) < 4.78 is 0.623. The van der Waals surface area contributed by atoms with E-state index < -0.39 is 0 Å². The van der Waals surface area contributed by atoms with Crippen LogP contribution in [0.3, 0.4) is 0 Å². The normalized spacial score (nSPS) is 14.9. The molecule has 0 atom stereocenters. The first kappa shape index (κ1) is 17.9. The zero-order chi connectivity index (χ0) is 18.6. The number of halogens is 1. The number of rotatable bonds is 4. The molecular weight excluding hydrogens is 404 g/mol. The average molecular weight is 425 g/mol. The summed E-state index contributed by atoms with van der Waals surface area (Å²) in [5.74, 6) is -0.243. The molecular formula is C21H21BrN4O. The summed E-state index contributed by atoms with van der Waals surface area (Å²) in [6, 6.07) is 13.6. The number of para-hydroxylation sites is 1. The van der Waals surface area contributed by atoms with Crippen LogP contribution < -0.4 is 10.6 Å². The third-order valence-corrected chi connectivity index (χ3v) is 5.52. The Kier molecular flexibility index (Phi) is 5.34. The molecule has 4 rings (SSSR count). The van der Waals surface area contributed by atoms with Gasteiger partial charge in [-0.1, -0.05) is 37.5 Å². The predicted molar refractivity (Wildman–Crippen MR) is 112 cm³/mol. The van der Waals surface area contributed by atoms with Crippen LogP contribution in [0.2, 0.25) is 0 Å². The van der Waals surface area contributed by atoms with Gasteiger partial charge in [-0.2, -0.15) is 0 Å². The Balaban J connectivity index is 1.75. The molecule has 1 amide bonds. The number of pyridine rings is 2. The second-order valence-electron chi connectivity index (χ2n) is 6.83. The molecule has 2 heterocycles. The van der Waals surface area contributed by atoms with E-state index in [1.807, 2.05) is 42.5 Å². The number of anilines is 2. The number of benzene rings is 1. The minimum absolute atomic E-state index is 0.243. The summed E-state index contributed by atoms with van der Waals surface area (Å²) in [5, 5.41) is 7.41. The summed E-state index contributed by atoms with van der Waals surface area (Å²) in [5.41, 5.74) is 2.59. The van der Waals surface area contributed by atoms with E-state index in [0.717, 1.165) is 29.4 Å². The van der Waals surface area contributed by atoms with Gasteiger partial charge in [0.2, 0.25) is 0 Å². The van der Waals surface area contributed by atoms with Gasteiger partial charge in [-0.25, -0.2) is 4.98 Å². The number of nitrogens with zero attached hydrogens (tertiary/aromatic N) is 2. The standard InChI is InChI=1S/C21H21BrN4O/c22-20-16-12-7-13-23-17(16)18(24-14-8-3-1-4-9-14)19(26-20)21(27)25-15-10-5-2-6-11-15/h2,5-7,10-14,24H,1,3-4,8-9H2,(H,25,27). The quantitative estimate of drug-likeness (QED) is 0.550. The van der Waals surface area contributed by atoms with Crippen LogP contribution in [0.25, 0.3) is 10.9 Å². The maximum atomic E-state index is 13.0. The number of carbonyl (C=O) groups is 1. The van der Waals surface area contributed by atoms with Crippen LogP contribution in [0.15, 0.2) is 53.3 Å². The van der Waals surface area contributed by atoms with Gasteiger partial charge in [0.25, 0.3) is 5.91 Å². The Morgan fingerprint density at radius 1 is 1.04 bits per heavy atom. The summed E-state index contributed by atoms with van der Waals surface area (Å²) in [4.78, 5) is 22.1. The average Bonchev–Trinajstić information content (AvgIpc) is 2.71. The van der Waals surface area contributed by atoms with Crippen molar-refractivity contribution in [3.8, 4) is 0 Å². The van der Waals surface area contributed by atoms with Crippen LogP contribution in [0, 0.1) is 0 Å². The lowest BCUT2D eigenvalue weighted by atomic mass is 9.95. The molecule has 0 bridgehead atoms. The molecule has 2 N–H and O–H groups in total. The van der Waals surface area contributed by atoms with E-state index >= 15 is 0 Å². The van der Waals surface area contributed by atoms with E-state index in [1.54, 1.807) is 6.20 Å². The third-order valence-electron chi connectivity index (χ3n) is 4.91. The minimum Gasteiger partial charge on any atom is -0.379 e. The molecule has 27 heavy (non-hydrogen) atoms. The van der Waals surface area contributed by atoms with E-state index in [-0.39, 0.29) is 5.91 Å². The lowest BCUT2D eigenvalue weighted by molar-refractivity contribution is 0.102. The molecule has 138 valence electrons. The van der Waals surface area contributed by atoms with Crippen LogP contribution in [0.5, 0.6) is 0 Å². The van der Waals surface area contributed by atoms with Crippen LogP contribution in [-0.4, -0.2) is 21.9 Å². The molecule has 1 aromatic carbocycles. The van der Waals surface area contributed by atoms with Crippen molar-refractivity contribution in [3.05, 3.63) is 59.0 Å². The van der Waals surface area contributed by atoms with Gasteiger partial charge >= 0.3 is 0 Å². The molecule has 0 saturated heterocycles. The lowest BCUT2D eigenvalue weighted by Crippen LogP contribution is -2.25. The number of fused-ring (bicyclic) bond motifs is 1.